The highest BCUT2D eigenvalue weighted by atomic mass is 19.1. The van der Waals surface area contributed by atoms with Crippen LogP contribution in [0.3, 0.4) is 0 Å². The molecule has 3 aromatic carbocycles. The van der Waals surface area contributed by atoms with Crippen molar-refractivity contribution in [1.29, 1.82) is 0 Å². The van der Waals surface area contributed by atoms with Crippen molar-refractivity contribution < 1.29 is 23.5 Å². The van der Waals surface area contributed by atoms with E-state index in [4.69, 9.17) is 4.74 Å². The van der Waals surface area contributed by atoms with E-state index in [1.54, 1.807) is 42.2 Å². The first-order valence-electron chi connectivity index (χ1n) is 12.4. The second-order valence-corrected chi connectivity index (χ2v) is 8.60. The molecule has 1 unspecified atom stereocenters. The van der Waals surface area contributed by atoms with Gasteiger partial charge < -0.3 is 20.7 Å². The Kier molecular flexibility index (Phi) is 8.37. The average Bonchev–Trinajstić information content (AvgIpc) is 2.90. The van der Waals surface area contributed by atoms with Crippen LogP contribution in [0, 0.1) is 5.82 Å². The summed E-state index contributed by atoms with van der Waals surface area (Å²) in [6.07, 6.45) is 0.685. The van der Waals surface area contributed by atoms with Gasteiger partial charge in [0.1, 0.15) is 5.82 Å². The molecule has 0 bridgehead atoms. The van der Waals surface area contributed by atoms with Crippen molar-refractivity contribution in [2.75, 3.05) is 23.8 Å². The number of nitrogens with zero attached hydrogens (tertiary/aromatic N) is 1. The predicted molar refractivity (Wildman–Crippen MR) is 144 cm³/mol. The molecular formula is C29H29FN4O4. The third kappa shape index (κ3) is 6.00. The summed E-state index contributed by atoms with van der Waals surface area (Å²) in [4.78, 5) is 40.7. The molecule has 0 spiro atoms. The lowest BCUT2D eigenvalue weighted by Crippen LogP contribution is -2.48. The molecule has 1 heterocycles. The van der Waals surface area contributed by atoms with E-state index in [0.29, 0.717) is 46.7 Å². The highest BCUT2D eigenvalue weighted by Gasteiger charge is 2.38. The Hall–Kier alpha value is -4.66. The van der Waals surface area contributed by atoms with Crippen molar-refractivity contribution in [1.82, 2.24) is 10.2 Å². The highest BCUT2D eigenvalue weighted by Crippen LogP contribution is 2.37. The molecule has 9 heteroatoms. The second kappa shape index (κ2) is 12.1. The maximum atomic E-state index is 13.5. The molecule has 196 valence electrons. The standard InChI is InChI=1S/C29H29FN4O4/c1-3-16-34-26(19-10-6-5-7-11-19)24(27(35)38-4-2)25(33-29(34)37)20-12-8-14-22(17-20)31-28(36)32-23-15-9-13-21(30)18-23/h5-15,17-18,25H,3-4,16H2,1-2H3,(H,33,37)(H2,31,32,36). The van der Waals surface area contributed by atoms with Gasteiger partial charge in [0, 0.05) is 17.9 Å². The van der Waals surface area contributed by atoms with Gasteiger partial charge in [-0.25, -0.2) is 18.8 Å². The summed E-state index contributed by atoms with van der Waals surface area (Å²) in [5, 5.41) is 8.24. The number of benzene rings is 3. The number of ether oxygens (including phenoxy) is 1. The minimum Gasteiger partial charge on any atom is -0.463 e. The van der Waals surface area contributed by atoms with Crippen LogP contribution in [0.2, 0.25) is 0 Å². The zero-order valence-electron chi connectivity index (χ0n) is 21.2. The summed E-state index contributed by atoms with van der Waals surface area (Å²) in [6, 6.07) is 19.9. The molecule has 1 atom stereocenters. The SMILES string of the molecule is CCCN1C(=O)NC(c2cccc(NC(=O)Nc3cccc(F)c3)c2)C(C(=O)OCC)=C1c1ccccc1. The van der Waals surface area contributed by atoms with Gasteiger partial charge in [-0.05, 0) is 54.8 Å². The number of hydrogen-bond donors (Lipinski definition) is 3. The minimum absolute atomic E-state index is 0.167. The van der Waals surface area contributed by atoms with Crippen molar-refractivity contribution >= 4 is 35.1 Å². The number of anilines is 2. The normalized spacial score (nSPS) is 15.1. The predicted octanol–water partition coefficient (Wildman–Crippen LogP) is 5.92. The topological polar surface area (TPSA) is 99.8 Å². The summed E-state index contributed by atoms with van der Waals surface area (Å²) in [7, 11) is 0. The summed E-state index contributed by atoms with van der Waals surface area (Å²) >= 11 is 0. The van der Waals surface area contributed by atoms with Gasteiger partial charge in [0.25, 0.3) is 0 Å². The zero-order valence-corrected chi connectivity index (χ0v) is 21.2. The molecule has 38 heavy (non-hydrogen) atoms. The number of urea groups is 2. The number of hydrogen-bond acceptors (Lipinski definition) is 4. The fourth-order valence-corrected chi connectivity index (χ4v) is 4.33. The quantitative estimate of drug-likeness (QED) is 0.324. The van der Waals surface area contributed by atoms with Crippen LogP contribution in [-0.4, -0.2) is 36.1 Å². The molecule has 0 aliphatic carbocycles. The Morgan fingerprint density at radius 3 is 2.29 bits per heavy atom. The molecule has 0 radical (unpaired) electrons. The molecule has 8 nitrogen and oxygen atoms in total. The minimum atomic E-state index is -0.821. The van der Waals surface area contributed by atoms with Crippen molar-refractivity contribution in [2.24, 2.45) is 0 Å². The molecule has 1 aliphatic rings. The number of rotatable bonds is 8. The monoisotopic (exact) mass is 516 g/mol. The van der Waals surface area contributed by atoms with Gasteiger partial charge in [-0.1, -0.05) is 55.5 Å². The number of carbonyl (C=O) groups excluding carboxylic acids is 3. The summed E-state index contributed by atoms with van der Waals surface area (Å²) in [5.41, 5.74) is 2.80. The Labute approximate surface area is 220 Å². The maximum absolute atomic E-state index is 13.5. The van der Waals surface area contributed by atoms with Crippen LogP contribution in [0.15, 0.2) is 84.4 Å². The first-order chi connectivity index (χ1) is 18.4. The van der Waals surface area contributed by atoms with E-state index in [2.05, 4.69) is 16.0 Å². The fourth-order valence-electron chi connectivity index (χ4n) is 4.33. The van der Waals surface area contributed by atoms with E-state index in [9.17, 15) is 18.8 Å². The molecule has 0 fully saturated rings. The first-order valence-corrected chi connectivity index (χ1v) is 12.4. The summed E-state index contributed by atoms with van der Waals surface area (Å²) in [5.74, 6) is -1.01. The number of esters is 1. The molecule has 3 N–H and O–H groups in total. The smallest absolute Gasteiger partial charge is 0.338 e. The van der Waals surface area contributed by atoms with Gasteiger partial charge in [-0.3, -0.25) is 4.90 Å². The number of halogens is 1. The lowest BCUT2D eigenvalue weighted by Gasteiger charge is -2.37. The van der Waals surface area contributed by atoms with Crippen LogP contribution in [0.1, 0.15) is 37.4 Å². The third-order valence-corrected chi connectivity index (χ3v) is 5.88. The number of amides is 4. The van der Waals surface area contributed by atoms with Crippen LogP contribution in [0.4, 0.5) is 25.4 Å². The molecule has 3 aromatic rings. The fraction of sp³-hybridized carbons (Fsp3) is 0.207. The van der Waals surface area contributed by atoms with Gasteiger partial charge in [0.15, 0.2) is 0 Å². The Morgan fingerprint density at radius 1 is 0.947 bits per heavy atom. The van der Waals surface area contributed by atoms with Gasteiger partial charge in [0.05, 0.1) is 23.9 Å². The third-order valence-electron chi connectivity index (χ3n) is 5.88. The van der Waals surface area contributed by atoms with Gasteiger partial charge in [-0.2, -0.15) is 0 Å². The van der Waals surface area contributed by atoms with Gasteiger partial charge in [-0.15, -0.1) is 0 Å². The molecular weight excluding hydrogens is 487 g/mol. The van der Waals surface area contributed by atoms with E-state index >= 15 is 0 Å². The lowest BCUT2D eigenvalue weighted by atomic mass is 9.91. The average molecular weight is 517 g/mol. The Bertz CT molecular complexity index is 1360. The Balaban J connectivity index is 1.72. The summed E-state index contributed by atoms with van der Waals surface area (Å²) in [6.45, 7) is 4.26. The second-order valence-electron chi connectivity index (χ2n) is 8.60. The van der Waals surface area contributed by atoms with E-state index < -0.39 is 23.9 Å². The molecule has 0 saturated heterocycles. The van der Waals surface area contributed by atoms with Crippen LogP contribution in [0.25, 0.3) is 5.70 Å². The van der Waals surface area contributed by atoms with Gasteiger partial charge >= 0.3 is 18.0 Å². The molecule has 0 aromatic heterocycles. The zero-order chi connectivity index (χ0) is 27.1. The van der Waals surface area contributed by atoms with Crippen LogP contribution in [-0.2, 0) is 9.53 Å². The molecule has 4 rings (SSSR count). The van der Waals surface area contributed by atoms with Crippen LogP contribution in [0.5, 0.6) is 0 Å². The molecule has 0 saturated carbocycles. The van der Waals surface area contributed by atoms with Crippen molar-refractivity contribution in [3.8, 4) is 0 Å². The van der Waals surface area contributed by atoms with Crippen LogP contribution >= 0.6 is 0 Å². The summed E-state index contributed by atoms with van der Waals surface area (Å²) < 4.78 is 18.9. The maximum Gasteiger partial charge on any atom is 0.338 e. The van der Waals surface area contributed by atoms with Gasteiger partial charge in [0.2, 0.25) is 0 Å². The largest absolute Gasteiger partial charge is 0.463 e. The lowest BCUT2D eigenvalue weighted by molar-refractivity contribution is -0.138. The Morgan fingerprint density at radius 2 is 1.63 bits per heavy atom. The highest BCUT2D eigenvalue weighted by molar-refractivity contribution is 6.05. The van der Waals surface area contributed by atoms with E-state index in [1.165, 1.54) is 18.2 Å². The number of carbonyl (C=O) groups is 3. The molecule has 1 aliphatic heterocycles. The van der Waals surface area contributed by atoms with Crippen molar-refractivity contribution in [3.63, 3.8) is 0 Å². The number of nitrogens with one attached hydrogen (secondary N) is 3. The molecule has 4 amide bonds. The first kappa shape index (κ1) is 26.4. The van der Waals surface area contributed by atoms with Crippen LogP contribution < -0.4 is 16.0 Å². The van der Waals surface area contributed by atoms with E-state index in [1.807, 2.05) is 37.3 Å². The van der Waals surface area contributed by atoms with E-state index in [0.717, 1.165) is 0 Å². The van der Waals surface area contributed by atoms with Crippen molar-refractivity contribution in [2.45, 2.75) is 26.3 Å². The van der Waals surface area contributed by atoms with Crippen molar-refractivity contribution in [3.05, 3.63) is 101 Å². The van der Waals surface area contributed by atoms with E-state index in [-0.39, 0.29) is 12.6 Å².